The number of rotatable bonds is 11. The molecule has 1 aromatic carbocycles. The van der Waals surface area contributed by atoms with E-state index in [0.717, 1.165) is 24.3 Å². The number of fused-ring (bicyclic) bond motifs is 3. The Balaban J connectivity index is 1.11. The first-order chi connectivity index (χ1) is 24.2. The maximum Gasteiger partial charge on any atom is 0.309 e. The number of methoxy groups -OCH3 is 1. The molecule has 1 amide bonds. The van der Waals surface area contributed by atoms with E-state index in [1.54, 1.807) is 41.0 Å². The number of likely N-dealkylation sites (tertiary alicyclic amines) is 1. The van der Waals surface area contributed by atoms with Crippen LogP contribution in [0, 0.1) is 11.3 Å². The van der Waals surface area contributed by atoms with Crippen LogP contribution in [-0.4, -0.2) is 111 Å². The molecule has 15 heteroatoms. The number of hydrogen-bond acceptors (Lipinski definition) is 12. The van der Waals surface area contributed by atoms with Gasteiger partial charge < -0.3 is 34.9 Å². The largest absolute Gasteiger partial charge is 0.494 e. The lowest BCUT2D eigenvalue weighted by molar-refractivity contribution is -0.154. The molecule has 15 nitrogen and oxygen atoms in total. The predicted octanol–water partition coefficient (Wildman–Crippen LogP) is 2.95. The van der Waals surface area contributed by atoms with Crippen molar-refractivity contribution >= 4 is 34.1 Å². The fourth-order valence-electron chi connectivity index (χ4n) is 6.23. The van der Waals surface area contributed by atoms with E-state index in [2.05, 4.69) is 25.6 Å². The van der Waals surface area contributed by atoms with Crippen molar-refractivity contribution in [2.45, 2.75) is 26.7 Å². The van der Waals surface area contributed by atoms with Gasteiger partial charge in [-0.15, -0.1) is 0 Å². The average molecular weight is 684 g/mol. The van der Waals surface area contributed by atoms with Crippen molar-refractivity contribution in [2.75, 3.05) is 65.0 Å². The smallest absolute Gasteiger partial charge is 0.309 e. The van der Waals surface area contributed by atoms with Gasteiger partial charge in [0.05, 0.1) is 60.3 Å². The minimum atomic E-state index is -0.459. The summed E-state index contributed by atoms with van der Waals surface area (Å²) in [5.41, 5.74) is 3.85. The van der Waals surface area contributed by atoms with Crippen LogP contribution in [0.25, 0.3) is 33.5 Å². The molecule has 50 heavy (non-hydrogen) atoms. The summed E-state index contributed by atoms with van der Waals surface area (Å²) in [5, 5.41) is 25.6. The third kappa shape index (κ3) is 6.65. The molecular formula is C35H41N9O6. The van der Waals surface area contributed by atoms with Gasteiger partial charge in [-0.3, -0.25) is 14.6 Å². The molecule has 0 saturated carbocycles. The van der Waals surface area contributed by atoms with Gasteiger partial charge in [-0.1, -0.05) is 13.8 Å². The van der Waals surface area contributed by atoms with Crippen LogP contribution < -0.4 is 20.1 Å². The van der Waals surface area contributed by atoms with Crippen molar-refractivity contribution < 1.29 is 28.9 Å². The first-order valence-corrected chi connectivity index (χ1v) is 16.8. The van der Waals surface area contributed by atoms with Crippen molar-refractivity contribution in [3.8, 4) is 28.4 Å². The number of hydrogen-bond donors (Lipinski definition) is 3. The Morgan fingerprint density at radius 3 is 2.80 bits per heavy atom. The Kier molecular flexibility index (Phi) is 9.25. The maximum atomic E-state index is 13.7. The molecule has 1 fully saturated rings. The van der Waals surface area contributed by atoms with Crippen LogP contribution in [0.2, 0.25) is 0 Å². The molecule has 2 aliphatic rings. The first-order valence-electron chi connectivity index (χ1n) is 16.8. The van der Waals surface area contributed by atoms with Crippen LogP contribution in [0.5, 0.6) is 11.5 Å². The second-order valence-electron chi connectivity index (χ2n) is 13.4. The van der Waals surface area contributed by atoms with Crippen LogP contribution in [0.15, 0.2) is 49.1 Å². The topological polar surface area (TPSA) is 170 Å². The number of benzene rings is 1. The van der Waals surface area contributed by atoms with E-state index in [1.807, 2.05) is 38.2 Å². The van der Waals surface area contributed by atoms with Crippen molar-refractivity contribution in [2.24, 2.45) is 11.3 Å². The number of piperidine rings is 1. The second-order valence-corrected chi connectivity index (χ2v) is 13.4. The Hall–Kier alpha value is -5.28. The number of aliphatic hydroxyl groups is 1. The standard InChI is InChI=1S/C35H41N9O6/c1-35(2,20-45)21-50-34(47)22-5-11-42(12-6-22)13-8-38-33(46)31-24-18-39-25(23-19-40-43-10-4-7-37-32(23)43)15-27(24)44(41-31)28-17-29-26(16-30(28)48-3)36-9-14-49-29/h4,7,10,15-19,22,36,45H,5-6,8-9,11-14,20-21H2,1-3H3,(H,38,46). The van der Waals surface area contributed by atoms with Gasteiger partial charge in [0.15, 0.2) is 11.3 Å². The summed E-state index contributed by atoms with van der Waals surface area (Å²) in [7, 11) is 1.59. The van der Waals surface area contributed by atoms with Gasteiger partial charge in [-0.2, -0.15) is 10.2 Å². The lowest BCUT2D eigenvalue weighted by Gasteiger charge is -2.31. The summed E-state index contributed by atoms with van der Waals surface area (Å²) < 4.78 is 20.6. The summed E-state index contributed by atoms with van der Waals surface area (Å²) in [5.74, 6) is 0.504. The highest BCUT2D eigenvalue weighted by Crippen LogP contribution is 2.38. The van der Waals surface area contributed by atoms with E-state index in [-0.39, 0.29) is 36.7 Å². The van der Waals surface area contributed by atoms with E-state index in [9.17, 15) is 14.7 Å². The summed E-state index contributed by atoms with van der Waals surface area (Å²) in [6.45, 7) is 7.52. The Morgan fingerprint density at radius 2 is 2.00 bits per heavy atom. The molecule has 5 aromatic rings. The zero-order valence-electron chi connectivity index (χ0n) is 28.4. The van der Waals surface area contributed by atoms with E-state index >= 15 is 0 Å². The van der Waals surface area contributed by atoms with Crippen molar-refractivity contribution in [1.82, 2.24) is 39.6 Å². The molecule has 1 saturated heterocycles. The SMILES string of the molecule is COc1cc2c(cc1-n1nc(C(=O)NCCN3CCC(C(=O)OCC(C)(C)CO)CC3)c3cnc(-c4cnn5cccnc45)cc31)OCCN2. The minimum absolute atomic E-state index is 0.0479. The maximum absolute atomic E-state index is 13.7. The van der Waals surface area contributed by atoms with Crippen LogP contribution in [0.4, 0.5) is 5.69 Å². The summed E-state index contributed by atoms with van der Waals surface area (Å²) in [6, 6.07) is 7.41. The highest BCUT2D eigenvalue weighted by atomic mass is 16.5. The number of amides is 1. The van der Waals surface area contributed by atoms with Crippen LogP contribution in [0.3, 0.4) is 0 Å². The quantitative estimate of drug-likeness (QED) is 0.174. The second kappa shape index (κ2) is 13.9. The Labute approximate surface area is 288 Å². The number of carbonyl (C=O) groups excluding carboxylic acids is 2. The molecule has 4 aromatic heterocycles. The molecule has 7 rings (SSSR count). The van der Waals surface area contributed by atoms with Crippen molar-refractivity contribution in [3.05, 3.63) is 54.7 Å². The van der Waals surface area contributed by atoms with E-state index < -0.39 is 5.41 Å². The molecule has 0 aliphatic carbocycles. The number of aliphatic hydroxyl groups excluding tert-OH is 1. The number of anilines is 1. The Morgan fingerprint density at radius 1 is 1.16 bits per heavy atom. The van der Waals surface area contributed by atoms with Gasteiger partial charge in [-0.05, 0) is 38.1 Å². The molecule has 0 unspecified atom stereocenters. The monoisotopic (exact) mass is 683 g/mol. The fraction of sp³-hybridized carbons (Fsp3) is 0.429. The van der Waals surface area contributed by atoms with Crippen molar-refractivity contribution in [1.29, 1.82) is 0 Å². The number of ether oxygens (including phenoxy) is 3. The number of aromatic nitrogens is 6. The number of carbonyl (C=O) groups is 2. The molecule has 0 radical (unpaired) electrons. The zero-order chi connectivity index (χ0) is 34.8. The summed E-state index contributed by atoms with van der Waals surface area (Å²) in [6.07, 6.45) is 8.26. The van der Waals surface area contributed by atoms with Gasteiger partial charge in [0, 0.05) is 55.8 Å². The van der Waals surface area contributed by atoms with E-state index in [0.29, 0.717) is 78.5 Å². The predicted molar refractivity (Wildman–Crippen MR) is 185 cm³/mol. The zero-order valence-corrected chi connectivity index (χ0v) is 28.4. The minimum Gasteiger partial charge on any atom is -0.494 e. The van der Waals surface area contributed by atoms with Crippen LogP contribution in [0.1, 0.15) is 37.2 Å². The molecule has 6 heterocycles. The molecule has 0 atom stereocenters. The molecule has 262 valence electrons. The van der Waals surface area contributed by atoms with Gasteiger partial charge in [0.1, 0.15) is 23.8 Å². The lowest BCUT2D eigenvalue weighted by Crippen LogP contribution is -2.41. The van der Waals surface area contributed by atoms with Gasteiger partial charge in [0.25, 0.3) is 5.91 Å². The van der Waals surface area contributed by atoms with E-state index in [4.69, 9.17) is 24.3 Å². The number of nitrogens with one attached hydrogen (secondary N) is 2. The molecule has 3 N–H and O–H groups in total. The average Bonchev–Trinajstić information content (AvgIpc) is 3.75. The lowest BCUT2D eigenvalue weighted by atomic mass is 9.95. The molecular weight excluding hydrogens is 642 g/mol. The van der Waals surface area contributed by atoms with Crippen molar-refractivity contribution in [3.63, 3.8) is 0 Å². The van der Waals surface area contributed by atoms with Gasteiger partial charge >= 0.3 is 5.97 Å². The van der Waals surface area contributed by atoms with Gasteiger partial charge in [0.2, 0.25) is 0 Å². The number of nitrogens with zero attached hydrogens (tertiary/aromatic N) is 7. The fourth-order valence-corrected chi connectivity index (χ4v) is 6.23. The summed E-state index contributed by atoms with van der Waals surface area (Å²) >= 11 is 0. The van der Waals surface area contributed by atoms with Crippen LogP contribution in [-0.2, 0) is 9.53 Å². The number of esters is 1. The molecule has 2 aliphatic heterocycles. The third-order valence-electron chi connectivity index (χ3n) is 9.19. The Bertz CT molecular complexity index is 2030. The van der Waals surface area contributed by atoms with E-state index in [1.165, 1.54) is 0 Å². The number of pyridine rings is 1. The molecule has 0 bridgehead atoms. The first kappa shape index (κ1) is 33.2. The highest BCUT2D eigenvalue weighted by Gasteiger charge is 2.29. The highest BCUT2D eigenvalue weighted by molar-refractivity contribution is 6.05. The van der Waals surface area contributed by atoms with Gasteiger partial charge in [-0.25, -0.2) is 14.2 Å². The summed E-state index contributed by atoms with van der Waals surface area (Å²) in [4.78, 5) is 37.7. The third-order valence-corrected chi connectivity index (χ3v) is 9.19. The normalized spacial score (nSPS) is 15.4. The van der Waals surface area contributed by atoms with Crippen LogP contribution >= 0.6 is 0 Å². The molecule has 0 spiro atoms.